The third-order valence-corrected chi connectivity index (χ3v) is 4.22. The van der Waals surface area contributed by atoms with Gasteiger partial charge in [0.1, 0.15) is 5.82 Å². The lowest BCUT2D eigenvalue weighted by molar-refractivity contribution is 0.148. The highest BCUT2D eigenvalue weighted by Crippen LogP contribution is 2.17. The van der Waals surface area contributed by atoms with E-state index in [1.165, 1.54) is 31.8 Å². The molecule has 108 valence electrons. The van der Waals surface area contributed by atoms with Crippen LogP contribution in [0.3, 0.4) is 0 Å². The highest BCUT2D eigenvalue weighted by molar-refractivity contribution is 4.92. The van der Waals surface area contributed by atoms with E-state index in [2.05, 4.69) is 40.7 Å². The third kappa shape index (κ3) is 4.05. The van der Waals surface area contributed by atoms with Crippen molar-refractivity contribution in [1.82, 2.24) is 19.8 Å². The Morgan fingerprint density at radius 1 is 1.47 bits per heavy atom. The van der Waals surface area contributed by atoms with Crippen LogP contribution < -0.4 is 5.32 Å². The Balaban J connectivity index is 1.74. The highest BCUT2D eigenvalue weighted by Gasteiger charge is 2.25. The minimum Gasteiger partial charge on any atom is -0.338 e. The number of likely N-dealkylation sites (tertiary alicyclic amines) is 1. The summed E-state index contributed by atoms with van der Waals surface area (Å²) in [7, 11) is 2.08. The summed E-state index contributed by atoms with van der Waals surface area (Å²) >= 11 is 0. The molecule has 1 aromatic heterocycles. The van der Waals surface area contributed by atoms with Crippen LogP contribution in [0, 0.1) is 5.92 Å². The molecule has 1 saturated heterocycles. The summed E-state index contributed by atoms with van der Waals surface area (Å²) in [6.07, 6.45) is 7.48. The van der Waals surface area contributed by atoms with Crippen LogP contribution in [0.15, 0.2) is 12.4 Å². The first-order valence-electron chi connectivity index (χ1n) is 7.62. The van der Waals surface area contributed by atoms with Crippen molar-refractivity contribution in [2.24, 2.45) is 13.0 Å². The van der Waals surface area contributed by atoms with Crippen molar-refractivity contribution in [2.75, 3.05) is 26.2 Å². The van der Waals surface area contributed by atoms with Gasteiger partial charge in [0, 0.05) is 45.0 Å². The molecule has 4 nitrogen and oxygen atoms in total. The van der Waals surface area contributed by atoms with E-state index in [0.717, 1.165) is 25.4 Å². The van der Waals surface area contributed by atoms with Crippen molar-refractivity contribution in [3.63, 3.8) is 0 Å². The number of hydrogen-bond donors (Lipinski definition) is 1. The van der Waals surface area contributed by atoms with E-state index in [0.29, 0.717) is 6.04 Å². The predicted octanol–water partition coefficient (Wildman–Crippen LogP) is 1.67. The van der Waals surface area contributed by atoms with Crippen LogP contribution in [0.2, 0.25) is 0 Å². The highest BCUT2D eigenvalue weighted by atomic mass is 15.2. The van der Waals surface area contributed by atoms with Gasteiger partial charge in [-0.2, -0.15) is 0 Å². The first-order valence-corrected chi connectivity index (χ1v) is 7.62. The Morgan fingerprint density at radius 2 is 2.32 bits per heavy atom. The average Bonchev–Trinajstić information content (AvgIpc) is 2.81. The molecule has 0 bridgehead atoms. The van der Waals surface area contributed by atoms with Gasteiger partial charge >= 0.3 is 0 Å². The zero-order valence-electron chi connectivity index (χ0n) is 12.6. The normalized spacial score (nSPS) is 24.8. The largest absolute Gasteiger partial charge is 0.338 e. The van der Waals surface area contributed by atoms with Crippen molar-refractivity contribution < 1.29 is 0 Å². The lowest BCUT2D eigenvalue weighted by atomic mass is 9.93. The van der Waals surface area contributed by atoms with Crippen molar-refractivity contribution in [2.45, 2.75) is 39.2 Å². The Bertz CT molecular complexity index is 374. The maximum absolute atomic E-state index is 4.40. The predicted molar refractivity (Wildman–Crippen MR) is 79.2 cm³/mol. The summed E-state index contributed by atoms with van der Waals surface area (Å²) in [6, 6.07) is 0.712. The molecule has 0 aromatic carbocycles. The molecule has 2 heterocycles. The van der Waals surface area contributed by atoms with Crippen LogP contribution in [0.5, 0.6) is 0 Å². The van der Waals surface area contributed by atoms with E-state index >= 15 is 0 Å². The Labute approximate surface area is 117 Å². The molecule has 1 aliphatic heterocycles. The number of aromatic nitrogens is 2. The lowest BCUT2D eigenvalue weighted by Crippen LogP contribution is -2.48. The van der Waals surface area contributed by atoms with Crippen molar-refractivity contribution >= 4 is 0 Å². The van der Waals surface area contributed by atoms with Gasteiger partial charge in [0.05, 0.1) is 0 Å². The molecule has 0 saturated carbocycles. The van der Waals surface area contributed by atoms with Crippen LogP contribution >= 0.6 is 0 Å². The van der Waals surface area contributed by atoms with E-state index in [1.807, 2.05) is 12.4 Å². The fourth-order valence-corrected chi connectivity index (χ4v) is 2.96. The number of hydrogen-bond acceptors (Lipinski definition) is 3. The topological polar surface area (TPSA) is 33.1 Å². The maximum atomic E-state index is 4.40. The van der Waals surface area contributed by atoms with E-state index in [1.54, 1.807) is 0 Å². The standard InChI is InChI=1S/C15H28N4/c1-4-7-16-14-5-9-19(12-13(14)2)10-6-15-17-8-11-18(15)3/h8,11,13-14,16H,4-7,9-10,12H2,1-3H3. The smallest absolute Gasteiger partial charge is 0.109 e. The minimum atomic E-state index is 0.712. The Hall–Kier alpha value is -0.870. The monoisotopic (exact) mass is 264 g/mol. The number of imidazole rings is 1. The van der Waals surface area contributed by atoms with Gasteiger partial charge in [0.25, 0.3) is 0 Å². The summed E-state index contributed by atoms with van der Waals surface area (Å²) in [5.74, 6) is 1.94. The van der Waals surface area contributed by atoms with Crippen LogP contribution in [-0.2, 0) is 13.5 Å². The van der Waals surface area contributed by atoms with Gasteiger partial charge in [-0.1, -0.05) is 13.8 Å². The van der Waals surface area contributed by atoms with Gasteiger partial charge in [0.2, 0.25) is 0 Å². The fourth-order valence-electron chi connectivity index (χ4n) is 2.96. The molecule has 0 radical (unpaired) electrons. The molecule has 2 atom stereocenters. The molecule has 1 aromatic rings. The number of nitrogens with zero attached hydrogens (tertiary/aromatic N) is 3. The Kier molecular flexibility index (Phi) is 5.40. The molecule has 0 aliphatic carbocycles. The third-order valence-electron chi connectivity index (χ3n) is 4.22. The molecule has 1 aliphatic rings. The van der Waals surface area contributed by atoms with Crippen molar-refractivity contribution in [3.05, 3.63) is 18.2 Å². The minimum absolute atomic E-state index is 0.712. The summed E-state index contributed by atoms with van der Waals surface area (Å²) in [5, 5.41) is 3.68. The molecule has 19 heavy (non-hydrogen) atoms. The first kappa shape index (κ1) is 14.5. The SMILES string of the molecule is CCCNC1CCN(CCc2nccn2C)CC1C. The number of rotatable bonds is 6. The first-order chi connectivity index (χ1) is 9.20. The Morgan fingerprint density at radius 3 is 2.95 bits per heavy atom. The second-order valence-corrected chi connectivity index (χ2v) is 5.83. The number of aryl methyl sites for hydroxylation is 1. The molecular formula is C15H28N4. The van der Waals surface area contributed by atoms with Crippen LogP contribution in [-0.4, -0.2) is 46.7 Å². The number of nitrogens with one attached hydrogen (secondary N) is 1. The second kappa shape index (κ2) is 7.06. The van der Waals surface area contributed by atoms with Crippen LogP contribution in [0.4, 0.5) is 0 Å². The second-order valence-electron chi connectivity index (χ2n) is 5.83. The molecule has 0 amide bonds. The molecule has 2 rings (SSSR count). The van der Waals surface area contributed by atoms with Gasteiger partial charge < -0.3 is 14.8 Å². The summed E-state index contributed by atoms with van der Waals surface area (Å²) < 4.78 is 2.12. The molecule has 4 heteroatoms. The number of piperidine rings is 1. The average molecular weight is 264 g/mol. The van der Waals surface area contributed by atoms with Gasteiger partial charge in [-0.3, -0.25) is 0 Å². The van der Waals surface area contributed by atoms with Gasteiger partial charge in [-0.25, -0.2) is 4.98 Å². The van der Waals surface area contributed by atoms with Crippen LogP contribution in [0.1, 0.15) is 32.5 Å². The molecule has 1 fully saturated rings. The van der Waals surface area contributed by atoms with Gasteiger partial charge in [-0.15, -0.1) is 0 Å². The quantitative estimate of drug-likeness (QED) is 0.848. The maximum Gasteiger partial charge on any atom is 0.109 e. The summed E-state index contributed by atoms with van der Waals surface area (Å²) in [4.78, 5) is 6.99. The van der Waals surface area contributed by atoms with Crippen molar-refractivity contribution in [1.29, 1.82) is 0 Å². The molecular weight excluding hydrogens is 236 g/mol. The summed E-state index contributed by atoms with van der Waals surface area (Å²) in [5.41, 5.74) is 0. The van der Waals surface area contributed by atoms with E-state index in [4.69, 9.17) is 0 Å². The fraction of sp³-hybridized carbons (Fsp3) is 0.800. The lowest BCUT2D eigenvalue weighted by Gasteiger charge is -2.37. The zero-order valence-corrected chi connectivity index (χ0v) is 12.6. The van der Waals surface area contributed by atoms with E-state index < -0.39 is 0 Å². The summed E-state index contributed by atoms with van der Waals surface area (Å²) in [6.45, 7) is 9.33. The molecule has 1 N–H and O–H groups in total. The van der Waals surface area contributed by atoms with Gasteiger partial charge in [0.15, 0.2) is 0 Å². The van der Waals surface area contributed by atoms with Crippen LogP contribution in [0.25, 0.3) is 0 Å². The van der Waals surface area contributed by atoms with Gasteiger partial charge in [-0.05, 0) is 31.8 Å². The molecule has 0 spiro atoms. The van der Waals surface area contributed by atoms with E-state index in [-0.39, 0.29) is 0 Å². The van der Waals surface area contributed by atoms with Crippen molar-refractivity contribution in [3.8, 4) is 0 Å². The molecule has 2 unspecified atom stereocenters. The zero-order chi connectivity index (χ0) is 13.7. The van der Waals surface area contributed by atoms with E-state index in [9.17, 15) is 0 Å².